The van der Waals surface area contributed by atoms with E-state index in [1.807, 2.05) is 36.0 Å². The van der Waals surface area contributed by atoms with Gasteiger partial charge in [-0.3, -0.25) is 0 Å². The molecule has 0 saturated carbocycles. The SMILES string of the molecule is CC(C)CNC(=O)Nc1ccc(-c2nc(N3CCOCC3)cc(C(C)(C)SC(C)C)n2)cc1. The molecule has 2 heterocycles. The summed E-state index contributed by atoms with van der Waals surface area (Å²) in [6.45, 7) is 16.7. The highest BCUT2D eigenvalue weighted by molar-refractivity contribution is 8.00. The van der Waals surface area contributed by atoms with Crippen LogP contribution in [0, 0.1) is 5.92 Å². The zero-order valence-electron chi connectivity index (χ0n) is 20.6. The lowest BCUT2D eigenvalue weighted by Crippen LogP contribution is -2.37. The lowest BCUT2D eigenvalue weighted by Gasteiger charge is -2.31. The van der Waals surface area contributed by atoms with Gasteiger partial charge in [-0.05, 0) is 49.3 Å². The molecule has 0 atom stereocenters. The van der Waals surface area contributed by atoms with Crippen LogP contribution < -0.4 is 15.5 Å². The normalized spacial score (nSPS) is 14.6. The maximum Gasteiger partial charge on any atom is 0.319 e. The van der Waals surface area contributed by atoms with Gasteiger partial charge in [0, 0.05) is 37.0 Å². The highest BCUT2D eigenvalue weighted by Crippen LogP contribution is 2.39. The van der Waals surface area contributed by atoms with Gasteiger partial charge in [-0.1, -0.05) is 27.7 Å². The Balaban J connectivity index is 1.87. The van der Waals surface area contributed by atoms with Gasteiger partial charge in [0.2, 0.25) is 0 Å². The smallest absolute Gasteiger partial charge is 0.319 e. The number of anilines is 2. The van der Waals surface area contributed by atoms with Crippen molar-refractivity contribution in [2.45, 2.75) is 51.5 Å². The molecular weight excluding hydrogens is 434 g/mol. The molecule has 3 rings (SSSR count). The lowest BCUT2D eigenvalue weighted by molar-refractivity contribution is 0.122. The van der Waals surface area contributed by atoms with Gasteiger partial charge in [0.15, 0.2) is 5.82 Å². The number of hydrogen-bond acceptors (Lipinski definition) is 6. The number of thioether (sulfide) groups is 1. The molecule has 1 aliphatic rings. The third-order valence-corrected chi connectivity index (χ3v) is 6.54. The van der Waals surface area contributed by atoms with E-state index in [2.05, 4.69) is 63.1 Å². The topological polar surface area (TPSA) is 79.4 Å². The molecule has 2 amide bonds. The van der Waals surface area contributed by atoms with Gasteiger partial charge < -0.3 is 20.3 Å². The minimum Gasteiger partial charge on any atom is -0.378 e. The van der Waals surface area contributed by atoms with Crippen LogP contribution in [-0.4, -0.2) is 54.1 Å². The van der Waals surface area contributed by atoms with Gasteiger partial charge in [0.05, 0.1) is 23.7 Å². The van der Waals surface area contributed by atoms with E-state index in [4.69, 9.17) is 14.7 Å². The number of morpholine rings is 1. The first-order valence-electron chi connectivity index (χ1n) is 11.7. The third-order valence-electron chi connectivity index (χ3n) is 5.27. The Morgan fingerprint density at radius 2 is 1.79 bits per heavy atom. The largest absolute Gasteiger partial charge is 0.378 e. The summed E-state index contributed by atoms with van der Waals surface area (Å²) in [6, 6.07) is 9.63. The molecule has 2 N–H and O–H groups in total. The summed E-state index contributed by atoms with van der Waals surface area (Å²) in [5.41, 5.74) is 2.67. The molecule has 180 valence electrons. The Morgan fingerprint density at radius 1 is 1.12 bits per heavy atom. The Kier molecular flexibility index (Phi) is 8.59. The molecule has 0 unspecified atom stereocenters. The van der Waals surface area contributed by atoms with Crippen molar-refractivity contribution in [1.82, 2.24) is 15.3 Å². The summed E-state index contributed by atoms with van der Waals surface area (Å²) < 4.78 is 5.38. The average molecular weight is 472 g/mol. The first-order valence-corrected chi connectivity index (χ1v) is 12.6. The van der Waals surface area contributed by atoms with Crippen molar-refractivity contribution in [3.05, 3.63) is 36.0 Å². The predicted molar refractivity (Wildman–Crippen MR) is 138 cm³/mol. The lowest BCUT2D eigenvalue weighted by atomic mass is 10.1. The first-order chi connectivity index (χ1) is 15.6. The molecule has 0 aliphatic carbocycles. The van der Waals surface area contributed by atoms with Gasteiger partial charge >= 0.3 is 6.03 Å². The number of aromatic nitrogens is 2. The van der Waals surface area contributed by atoms with Gasteiger partial charge in [0.25, 0.3) is 0 Å². The molecular formula is C25H37N5O2S. The van der Waals surface area contributed by atoms with Crippen molar-refractivity contribution in [2.24, 2.45) is 5.92 Å². The van der Waals surface area contributed by atoms with Crippen molar-refractivity contribution in [2.75, 3.05) is 43.1 Å². The summed E-state index contributed by atoms with van der Waals surface area (Å²) in [4.78, 5) is 24.2. The number of rotatable bonds is 8. The summed E-state index contributed by atoms with van der Waals surface area (Å²) in [5.74, 6) is 2.04. The van der Waals surface area contributed by atoms with Crippen LogP contribution >= 0.6 is 11.8 Å². The van der Waals surface area contributed by atoms with E-state index in [1.165, 1.54) is 0 Å². The fraction of sp³-hybridized carbons (Fsp3) is 0.560. The van der Waals surface area contributed by atoms with Gasteiger partial charge in [-0.25, -0.2) is 14.8 Å². The zero-order valence-corrected chi connectivity index (χ0v) is 21.5. The fourth-order valence-electron chi connectivity index (χ4n) is 3.65. The quantitative estimate of drug-likeness (QED) is 0.555. The van der Waals surface area contributed by atoms with E-state index in [0.29, 0.717) is 36.8 Å². The van der Waals surface area contributed by atoms with E-state index < -0.39 is 0 Å². The molecule has 0 spiro atoms. The van der Waals surface area contributed by atoms with Crippen LogP contribution in [0.3, 0.4) is 0 Å². The van der Waals surface area contributed by atoms with Crippen molar-refractivity contribution >= 4 is 29.3 Å². The Morgan fingerprint density at radius 3 is 2.39 bits per heavy atom. The van der Waals surface area contributed by atoms with E-state index in [0.717, 1.165) is 35.9 Å². The molecule has 2 aromatic rings. The van der Waals surface area contributed by atoms with E-state index in [-0.39, 0.29) is 10.8 Å². The molecule has 8 heteroatoms. The average Bonchev–Trinajstić information content (AvgIpc) is 2.78. The Bertz CT molecular complexity index is 925. The number of benzene rings is 1. The van der Waals surface area contributed by atoms with Crippen LogP contribution in [0.25, 0.3) is 11.4 Å². The summed E-state index contributed by atoms with van der Waals surface area (Å²) in [5, 5.41) is 6.23. The number of nitrogens with one attached hydrogen (secondary N) is 2. The number of nitrogens with zero attached hydrogens (tertiary/aromatic N) is 3. The predicted octanol–water partition coefficient (Wildman–Crippen LogP) is 5.13. The molecule has 7 nitrogen and oxygen atoms in total. The van der Waals surface area contributed by atoms with Gasteiger partial charge in [-0.15, -0.1) is 11.8 Å². The minimum atomic E-state index is -0.197. The minimum absolute atomic E-state index is 0.150. The number of urea groups is 1. The Labute approximate surface area is 202 Å². The van der Waals surface area contributed by atoms with Crippen molar-refractivity contribution in [1.29, 1.82) is 0 Å². The number of ether oxygens (including phenoxy) is 1. The molecule has 1 aliphatic heterocycles. The van der Waals surface area contributed by atoms with Crippen molar-refractivity contribution < 1.29 is 9.53 Å². The van der Waals surface area contributed by atoms with Crippen LogP contribution in [0.4, 0.5) is 16.3 Å². The fourth-order valence-corrected chi connectivity index (χ4v) is 5.05. The number of amides is 2. The molecule has 1 saturated heterocycles. The highest BCUT2D eigenvalue weighted by Gasteiger charge is 2.27. The first kappa shape index (κ1) is 25.3. The summed E-state index contributed by atoms with van der Waals surface area (Å²) in [6.07, 6.45) is 0. The van der Waals surface area contributed by atoms with Gasteiger partial charge in [0.1, 0.15) is 5.82 Å². The number of hydrogen-bond donors (Lipinski definition) is 2. The second kappa shape index (κ2) is 11.2. The molecule has 1 fully saturated rings. The number of carbonyl (C=O) groups excluding carboxylic acids is 1. The standard InChI is InChI=1S/C25H37N5O2S/c1-17(2)16-26-24(31)27-20-9-7-19(8-10-20)23-28-21(25(5,6)33-18(3)4)15-22(29-23)30-11-13-32-14-12-30/h7-10,15,17-18H,11-14,16H2,1-6H3,(H2,26,27,31). The van der Waals surface area contributed by atoms with Crippen LogP contribution in [0.2, 0.25) is 0 Å². The van der Waals surface area contributed by atoms with E-state index in [9.17, 15) is 4.79 Å². The maximum absolute atomic E-state index is 12.1. The monoisotopic (exact) mass is 471 g/mol. The van der Waals surface area contributed by atoms with Crippen molar-refractivity contribution in [3.8, 4) is 11.4 Å². The van der Waals surface area contributed by atoms with Gasteiger partial charge in [-0.2, -0.15) is 0 Å². The Hall–Kier alpha value is -2.32. The molecule has 1 aromatic heterocycles. The van der Waals surface area contributed by atoms with E-state index in [1.54, 1.807) is 0 Å². The summed E-state index contributed by atoms with van der Waals surface area (Å²) in [7, 11) is 0. The molecule has 33 heavy (non-hydrogen) atoms. The van der Waals surface area contributed by atoms with Crippen LogP contribution in [0.1, 0.15) is 47.2 Å². The summed E-state index contributed by atoms with van der Waals surface area (Å²) >= 11 is 1.90. The molecule has 0 radical (unpaired) electrons. The van der Waals surface area contributed by atoms with Crippen LogP contribution in [0.15, 0.2) is 30.3 Å². The maximum atomic E-state index is 12.1. The van der Waals surface area contributed by atoms with Crippen molar-refractivity contribution in [3.63, 3.8) is 0 Å². The third kappa shape index (κ3) is 7.33. The zero-order chi connectivity index (χ0) is 24.0. The van der Waals surface area contributed by atoms with Crippen LogP contribution in [-0.2, 0) is 9.48 Å². The second-order valence-corrected chi connectivity index (χ2v) is 11.7. The highest BCUT2D eigenvalue weighted by atomic mass is 32.2. The van der Waals surface area contributed by atoms with E-state index >= 15 is 0 Å². The molecule has 1 aromatic carbocycles. The number of carbonyl (C=O) groups is 1. The molecule has 0 bridgehead atoms. The van der Waals surface area contributed by atoms with Crippen LogP contribution in [0.5, 0.6) is 0 Å². The second-order valence-electron chi connectivity index (χ2n) is 9.52.